The normalized spacial score (nSPS) is 16.3. The molecule has 0 bridgehead atoms. The van der Waals surface area contributed by atoms with E-state index < -0.39 is 6.04 Å². The smallest absolute Gasteiger partial charge is 0.259 e. The lowest BCUT2D eigenvalue weighted by Gasteiger charge is -2.25. The van der Waals surface area contributed by atoms with Gasteiger partial charge in [0.1, 0.15) is 17.7 Å². The molecule has 0 aromatic heterocycles. The van der Waals surface area contributed by atoms with Gasteiger partial charge in [0.05, 0.1) is 12.1 Å². The zero-order valence-corrected chi connectivity index (χ0v) is 20.0. The Balaban J connectivity index is 1.32. The number of carbonyl (C=O) groups excluding carboxylic acids is 2. The number of amidine groups is 2. The van der Waals surface area contributed by atoms with E-state index in [2.05, 4.69) is 10.3 Å². The van der Waals surface area contributed by atoms with Crippen LogP contribution >= 0.6 is 23.4 Å². The van der Waals surface area contributed by atoms with E-state index >= 15 is 0 Å². The Hall–Kier alpha value is -3.49. The first-order valence-corrected chi connectivity index (χ1v) is 12.3. The molecule has 2 amide bonds. The summed E-state index contributed by atoms with van der Waals surface area (Å²) in [7, 11) is 0. The summed E-state index contributed by atoms with van der Waals surface area (Å²) in [6, 6.07) is 20.1. The van der Waals surface area contributed by atoms with E-state index in [9.17, 15) is 14.0 Å². The van der Waals surface area contributed by atoms with E-state index in [-0.39, 0.29) is 30.6 Å². The zero-order valence-electron chi connectivity index (χ0n) is 18.4. The van der Waals surface area contributed by atoms with E-state index in [1.807, 2.05) is 48.5 Å². The van der Waals surface area contributed by atoms with Crippen molar-refractivity contribution in [2.45, 2.75) is 24.8 Å². The van der Waals surface area contributed by atoms with Gasteiger partial charge in [-0.25, -0.2) is 14.3 Å². The van der Waals surface area contributed by atoms with Gasteiger partial charge in [-0.2, -0.15) is 0 Å². The third-order valence-electron chi connectivity index (χ3n) is 5.61. The number of para-hydroxylation sites is 1. The number of hydrogen-bond acceptors (Lipinski definition) is 5. The van der Waals surface area contributed by atoms with E-state index in [1.54, 1.807) is 12.1 Å². The first-order valence-electron chi connectivity index (χ1n) is 11.0. The highest BCUT2D eigenvalue weighted by Gasteiger charge is 2.42. The molecule has 2 heterocycles. The van der Waals surface area contributed by atoms with Gasteiger partial charge < -0.3 is 5.32 Å². The van der Waals surface area contributed by atoms with E-state index in [0.29, 0.717) is 21.8 Å². The standard InChI is InChI=1S/C26H20ClFN4O2S/c27-18-9-5-17(6-10-18)15-35-26-31-21-4-2-1-3-20(21)24-30-22(25(34)32(24)26)13-23(33)29-14-16-7-11-19(28)12-8-16/h1-12,22H,13-15H2,(H,29,33). The van der Waals surface area contributed by atoms with Gasteiger partial charge in [-0.15, -0.1) is 0 Å². The number of fused-ring (bicyclic) bond motifs is 3. The molecule has 0 fully saturated rings. The second kappa shape index (κ2) is 10.0. The summed E-state index contributed by atoms with van der Waals surface area (Å²) in [4.78, 5) is 36.8. The minimum Gasteiger partial charge on any atom is -0.352 e. The highest BCUT2D eigenvalue weighted by atomic mass is 35.5. The molecule has 5 rings (SSSR count). The fourth-order valence-electron chi connectivity index (χ4n) is 3.81. The van der Waals surface area contributed by atoms with Crippen molar-refractivity contribution in [3.8, 4) is 0 Å². The molecule has 6 nitrogen and oxygen atoms in total. The summed E-state index contributed by atoms with van der Waals surface area (Å²) in [5.41, 5.74) is 3.30. The Kier molecular flexibility index (Phi) is 6.66. The number of aliphatic imine (C=N–C) groups is 2. The van der Waals surface area contributed by atoms with Crippen molar-refractivity contribution in [3.63, 3.8) is 0 Å². The van der Waals surface area contributed by atoms with Gasteiger partial charge in [0, 0.05) is 22.9 Å². The maximum absolute atomic E-state index is 13.3. The second-order valence-corrected chi connectivity index (χ2v) is 9.46. The largest absolute Gasteiger partial charge is 0.352 e. The molecule has 0 aliphatic carbocycles. The molecule has 1 atom stereocenters. The quantitative estimate of drug-likeness (QED) is 0.507. The van der Waals surface area contributed by atoms with Crippen LogP contribution in [0.25, 0.3) is 0 Å². The predicted octanol–water partition coefficient (Wildman–Crippen LogP) is 5.08. The van der Waals surface area contributed by atoms with Crippen LogP contribution in [-0.2, 0) is 21.9 Å². The average molecular weight is 507 g/mol. The third-order valence-corrected chi connectivity index (χ3v) is 6.87. The van der Waals surface area contributed by atoms with Gasteiger partial charge in [-0.3, -0.25) is 14.6 Å². The number of benzene rings is 3. The van der Waals surface area contributed by atoms with Crippen molar-refractivity contribution in [2.24, 2.45) is 9.98 Å². The minimum absolute atomic E-state index is 0.0860. The van der Waals surface area contributed by atoms with Crippen molar-refractivity contribution < 1.29 is 14.0 Å². The lowest BCUT2D eigenvalue weighted by molar-refractivity contribution is -0.128. The van der Waals surface area contributed by atoms with Crippen LogP contribution in [0.1, 0.15) is 23.1 Å². The van der Waals surface area contributed by atoms with Gasteiger partial charge in [0.25, 0.3) is 5.91 Å². The zero-order chi connectivity index (χ0) is 24.4. The van der Waals surface area contributed by atoms with E-state index in [0.717, 1.165) is 22.4 Å². The SMILES string of the molecule is O=C(CC1N=C2c3ccccc3N=C(SCc3ccc(Cl)cc3)N2C1=O)NCc1ccc(F)cc1. The second-order valence-electron chi connectivity index (χ2n) is 8.08. The molecule has 0 radical (unpaired) electrons. The fraction of sp³-hybridized carbons (Fsp3) is 0.154. The number of nitrogens with zero attached hydrogens (tertiary/aromatic N) is 3. The van der Waals surface area contributed by atoms with Gasteiger partial charge in [0.2, 0.25) is 5.91 Å². The molecule has 35 heavy (non-hydrogen) atoms. The molecule has 176 valence electrons. The number of carbonyl (C=O) groups is 2. The van der Waals surface area contributed by atoms with Crippen LogP contribution < -0.4 is 5.32 Å². The fourth-order valence-corrected chi connectivity index (χ4v) is 4.89. The topological polar surface area (TPSA) is 74.1 Å². The van der Waals surface area contributed by atoms with Gasteiger partial charge in [-0.05, 0) is 47.5 Å². The molecule has 2 aliphatic heterocycles. The predicted molar refractivity (Wildman–Crippen MR) is 136 cm³/mol. The number of thioether (sulfide) groups is 1. The number of halogens is 2. The molecule has 9 heteroatoms. The van der Waals surface area contributed by atoms with Crippen molar-refractivity contribution in [2.75, 3.05) is 0 Å². The molecule has 0 saturated heterocycles. The van der Waals surface area contributed by atoms with Crippen LogP contribution in [0.3, 0.4) is 0 Å². The summed E-state index contributed by atoms with van der Waals surface area (Å²) < 4.78 is 13.1. The lowest BCUT2D eigenvalue weighted by atomic mass is 10.1. The summed E-state index contributed by atoms with van der Waals surface area (Å²) >= 11 is 7.41. The Morgan fingerprint density at radius 1 is 1.03 bits per heavy atom. The van der Waals surface area contributed by atoms with E-state index in [1.165, 1.54) is 28.8 Å². The molecule has 1 unspecified atom stereocenters. The maximum Gasteiger partial charge on any atom is 0.259 e. The Morgan fingerprint density at radius 3 is 2.51 bits per heavy atom. The van der Waals surface area contributed by atoms with Crippen LogP contribution in [-0.4, -0.2) is 33.8 Å². The molecular weight excluding hydrogens is 487 g/mol. The van der Waals surface area contributed by atoms with Gasteiger partial charge >= 0.3 is 0 Å². The maximum atomic E-state index is 13.3. The van der Waals surface area contributed by atoms with Gasteiger partial charge in [-0.1, -0.05) is 59.8 Å². The third kappa shape index (κ3) is 5.13. The van der Waals surface area contributed by atoms with Crippen LogP contribution in [0, 0.1) is 5.82 Å². The molecule has 0 saturated carbocycles. The number of hydrogen-bond donors (Lipinski definition) is 1. The summed E-state index contributed by atoms with van der Waals surface area (Å²) in [5, 5.41) is 3.97. The van der Waals surface area contributed by atoms with Crippen LogP contribution in [0.2, 0.25) is 5.02 Å². The van der Waals surface area contributed by atoms with Crippen molar-refractivity contribution in [1.29, 1.82) is 0 Å². The molecule has 1 N–H and O–H groups in total. The Labute approximate surface area is 210 Å². The lowest BCUT2D eigenvalue weighted by Crippen LogP contribution is -2.42. The van der Waals surface area contributed by atoms with Gasteiger partial charge in [0.15, 0.2) is 5.17 Å². The first kappa shape index (κ1) is 23.3. The molecule has 3 aromatic rings. The van der Waals surface area contributed by atoms with E-state index in [4.69, 9.17) is 16.6 Å². The average Bonchev–Trinajstić information content (AvgIpc) is 3.19. The number of nitrogens with one attached hydrogen (secondary N) is 1. The molecule has 0 spiro atoms. The first-order chi connectivity index (χ1) is 17.0. The molecule has 2 aliphatic rings. The Bertz CT molecular complexity index is 1340. The Morgan fingerprint density at radius 2 is 1.74 bits per heavy atom. The number of amides is 2. The monoisotopic (exact) mass is 506 g/mol. The summed E-state index contributed by atoms with van der Waals surface area (Å²) in [5.74, 6) is 0.176. The molecule has 3 aromatic carbocycles. The van der Waals surface area contributed by atoms with Crippen LogP contribution in [0.4, 0.5) is 10.1 Å². The van der Waals surface area contributed by atoms with Crippen molar-refractivity contribution >= 4 is 51.9 Å². The number of rotatable bonds is 6. The summed E-state index contributed by atoms with van der Waals surface area (Å²) in [6.45, 7) is 0.243. The molecular formula is C26H20ClFN4O2S. The highest BCUT2D eigenvalue weighted by molar-refractivity contribution is 8.13. The summed E-state index contributed by atoms with van der Waals surface area (Å²) in [6.07, 6.45) is -0.0860. The minimum atomic E-state index is -0.842. The van der Waals surface area contributed by atoms with Crippen LogP contribution in [0.15, 0.2) is 82.8 Å². The van der Waals surface area contributed by atoms with Crippen LogP contribution in [0.5, 0.6) is 0 Å². The van der Waals surface area contributed by atoms with Crippen molar-refractivity contribution in [1.82, 2.24) is 10.2 Å². The van der Waals surface area contributed by atoms with Crippen molar-refractivity contribution in [3.05, 3.63) is 100 Å². The highest BCUT2D eigenvalue weighted by Crippen LogP contribution is 2.35.